The van der Waals surface area contributed by atoms with E-state index in [1.54, 1.807) is 16.4 Å². The molecule has 1 aromatic rings. The van der Waals surface area contributed by atoms with Crippen LogP contribution in [0.25, 0.3) is 0 Å². The summed E-state index contributed by atoms with van der Waals surface area (Å²) < 4.78 is 28.0. The lowest BCUT2D eigenvalue weighted by atomic mass is 9.75. The lowest BCUT2D eigenvalue weighted by Crippen LogP contribution is -2.42. The number of halogens is 1. The van der Waals surface area contributed by atoms with E-state index in [2.05, 4.69) is 29.8 Å². The zero-order valence-electron chi connectivity index (χ0n) is 11.4. The van der Waals surface area contributed by atoms with E-state index in [1.165, 1.54) is 11.3 Å². The van der Waals surface area contributed by atoms with Gasteiger partial charge in [0, 0.05) is 13.1 Å². The third-order valence-corrected chi connectivity index (χ3v) is 8.42. The van der Waals surface area contributed by atoms with E-state index in [-0.39, 0.29) is 0 Å². The minimum atomic E-state index is -3.29. The van der Waals surface area contributed by atoms with Gasteiger partial charge < -0.3 is 0 Å². The van der Waals surface area contributed by atoms with Gasteiger partial charge in [0.2, 0.25) is 0 Å². The third-order valence-electron chi connectivity index (χ3n) is 4.43. The Morgan fingerprint density at radius 3 is 2.26 bits per heavy atom. The van der Waals surface area contributed by atoms with Crippen LogP contribution in [-0.4, -0.2) is 25.8 Å². The molecule has 0 spiro atoms. The fraction of sp³-hybridized carbons (Fsp3) is 0.692. The van der Waals surface area contributed by atoms with Gasteiger partial charge in [0.15, 0.2) is 0 Å². The average molecular weight is 366 g/mol. The summed E-state index contributed by atoms with van der Waals surface area (Å²) in [5.74, 6) is 0. The molecule has 0 aliphatic carbocycles. The topological polar surface area (TPSA) is 37.4 Å². The molecule has 0 amide bonds. The molecule has 19 heavy (non-hydrogen) atoms. The Bertz CT molecular complexity index is 525. The second-order valence-corrected chi connectivity index (χ2v) is 9.80. The first-order valence-corrected chi connectivity index (χ1v) is 9.74. The van der Waals surface area contributed by atoms with Gasteiger partial charge in [-0.2, -0.15) is 4.31 Å². The Labute approximate surface area is 128 Å². The predicted octanol–water partition coefficient (Wildman–Crippen LogP) is 4.10. The molecule has 1 aliphatic heterocycles. The molecule has 0 aromatic carbocycles. The van der Waals surface area contributed by atoms with E-state index < -0.39 is 10.0 Å². The molecular formula is C13H20BrNO2S2. The number of hydrogen-bond donors (Lipinski definition) is 0. The number of thiophene rings is 1. The van der Waals surface area contributed by atoms with Crippen molar-refractivity contribution in [1.82, 2.24) is 4.31 Å². The summed E-state index contributed by atoms with van der Waals surface area (Å²) in [6.45, 7) is 5.73. The number of hydrogen-bond acceptors (Lipinski definition) is 3. The fourth-order valence-corrected chi connectivity index (χ4v) is 6.33. The monoisotopic (exact) mass is 365 g/mol. The zero-order chi connectivity index (χ0) is 14.1. The first-order chi connectivity index (χ1) is 8.93. The second-order valence-electron chi connectivity index (χ2n) is 5.17. The van der Waals surface area contributed by atoms with Crippen molar-refractivity contribution in [3.63, 3.8) is 0 Å². The SMILES string of the molecule is CCC1(CC)CCN(S(=O)(=O)c2ccc(Br)s2)CC1. The highest BCUT2D eigenvalue weighted by Gasteiger charge is 2.36. The van der Waals surface area contributed by atoms with Gasteiger partial charge in [0.25, 0.3) is 10.0 Å². The van der Waals surface area contributed by atoms with Crippen molar-refractivity contribution < 1.29 is 8.42 Å². The van der Waals surface area contributed by atoms with Crippen molar-refractivity contribution in [1.29, 1.82) is 0 Å². The normalized spacial score (nSPS) is 20.6. The smallest absolute Gasteiger partial charge is 0.206 e. The highest BCUT2D eigenvalue weighted by atomic mass is 79.9. The Morgan fingerprint density at radius 2 is 1.84 bits per heavy atom. The summed E-state index contributed by atoms with van der Waals surface area (Å²) in [6.07, 6.45) is 4.24. The molecule has 1 saturated heterocycles. The molecule has 1 fully saturated rings. The van der Waals surface area contributed by atoms with Crippen molar-refractivity contribution in [2.45, 2.75) is 43.7 Å². The van der Waals surface area contributed by atoms with Gasteiger partial charge in [0.05, 0.1) is 3.79 Å². The van der Waals surface area contributed by atoms with Gasteiger partial charge in [0.1, 0.15) is 4.21 Å². The number of nitrogens with zero attached hydrogens (tertiary/aromatic N) is 1. The van der Waals surface area contributed by atoms with Gasteiger partial charge in [-0.15, -0.1) is 11.3 Å². The zero-order valence-corrected chi connectivity index (χ0v) is 14.6. The number of rotatable bonds is 4. The third kappa shape index (κ3) is 3.06. The van der Waals surface area contributed by atoms with Crippen LogP contribution in [0.3, 0.4) is 0 Å². The van der Waals surface area contributed by atoms with Crippen molar-refractivity contribution in [2.75, 3.05) is 13.1 Å². The first-order valence-electron chi connectivity index (χ1n) is 6.69. The molecule has 3 nitrogen and oxygen atoms in total. The van der Waals surface area contributed by atoms with Crippen LogP contribution < -0.4 is 0 Å². The maximum atomic E-state index is 12.5. The molecule has 108 valence electrons. The molecule has 2 heterocycles. The van der Waals surface area contributed by atoms with Gasteiger partial charge in [-0.05, 0) is 46.3 Å². The summed E-state index contributed by atoms with van der Waals surface area (Å²) in [7, 11) is -3.29. The van der Waals surface area contributed by atoms with Gasteiger partial charge in [-0.3, -0.25) is 0 Å². The summed E-state index contributed by atoms with van der Waals surface area (Å²) >= 11 is 4.61. The van der Waals surface area contributed by atoms with E-state index in [9.17, 15) is 8.42 Å². The maximum absolute atomic E-state index is 12.5. The molecule has 0 radical (unpaired) electrons. The highest BCUT2D eigenvalue weighted by molar-refractivity contribution is 9.11. The molecule has 1 aromatic heterocycles. The van der Waals surface area contributed by atoms with E-state index in [0.29, 0.717) is 22.7 Å². The van der Waals surface area contributed by atoms with E-state index in [4.69, 9.17) is 0 Å². The molecule has 6 heteroatoms. The van der Waals surface area contributed by atoms with Crippen molar-refractivity contribution in [2.24, 2.45) is 5.41 Å². The average Bonchev–Trinajstić information content (AvgIpc) is 2.86. The second kappa shape index (κ2) is 5.84. The predicted molar refractivity (Wildman–Crippen MR) is 83.0 cm³/mol. The first kappa shape index (κ1) is 15.5. The summed E-state index contributed by atoms with van der Waals surface area (Å²) in [4.78, 5) is 0. The molecule has 2 rings (SSSR count). The van der Waals surface area contributed by atoms with Crippen LogP contribution in [0.15, 0.2) is 20.1 Å². The Morgan fingerprint density at radius 1 is 1.26 bits per heavy atom. The molecular weight excluding hydrogens is 346 g/mol. The van der Waals surface area contributed by atoms with Crippen LogP contribution in [0, 0.1) is 5.41 Å². The largest absolute Gasteiger partial charge is 0.252 e. The summed E-state index contributed by atoms with van der Waals surface area (Å²) in [5.41, 5.74) is 0.349. The minimum Gasteiger partial charge on any atom is -0.206 e. The molecule has 0 saturated carbocycles. The quantitative estimate of drug-likeness (QED) is 0.805. The molecule has 0 atom stereocenters. The van der Waals surface area contributed by atoms with E-state index >= 15 is 0 Å². The summed E-state index contributed by atoms with van der Waals surface area (Å²) in [5, 5.41) is 0. The van der Waals surface area contributed by atoms with Crippen LogP contribution in [0.4, 0.5) is 0 Å². The molecule has 0 bridgehead atoms. The Kier molecular flexibility index (Phi) is 4.75. The molecule has 0 N–H and O–H groups in total. The van der Waals surface area contributed by atoms with Gasteiger partial charge in [-0.1, -0.05) is 26.7 Å². The highest BCUT2D eigenvalue weighted by Crippen LogP contribution is 2.40. The van der Waals surface area contributed by atoms with Crippen LogP contribution in [0.5, 0.6) is 0 Å². The number of sulfonamides is 1. The Hall–Kier alpha value is 0.0900. The van der Waals surface area contributed by atoms with Crippen LogP contribution in [0.1, 0.15) is 39.5 Å². The lowest BCUT2D eigenvalue weighted by molar-refractivity contribution is 0.142. The standard InChI is InChI=1S/C13H20BrNO2S2/c1-3-13(4-2)7-9-15(10-8-13)19(16,17)12-6-5-11(14)18-12/h5-6H,3-4,7-10H2,1-2H3. The molecule has 0 unspecified atom stereocenters. The maximum Gasteiger partial charge on any atom is 0.252 e. The van der Waals surface area contributed by atoms with E-state index in [1.807, 2.05) is 0 Å². The van der Waals surface area contributed by atoms with Crippen molar-refractivity contribution in [3.8, 4) is 0 Å². The number of piperidine rings is 1. The molecule has 1 aliphatic rings. The Balaban J connectivity index is 2.13. The minimum absolute atomic E-state index is 0.349. The van der Waals surface area contributed by atoms with Crippen molar-refractivity contribution in [3.05, 3.63) is 15.9 Å². The van der Waals surface area contributed by atoms with Gasteiger partial charge in [-0.25, -0.2) is 8.42 Å². The summed E-state index contributed by atoms with van der Waals surface area (Å²) in [6, 6.07) is 3.48. The van der Waals surface area contributed by atoms with Crippen LogP contribution >= 0.6 is 27.3 Å². The van der Waals surface area contributed by atoms with Gasteiger partial charge >= 0.3 is 0 Å². The van der Waals surface area contributed by atoms with E-state index in [0.717, 1.165) is 29.5 Å². The van der Waals surface area contributed by atoms with Crippen molar-refractivity contribution >= 4 is 37.3 Å². The van der Waals surface area contributed by atoms with Crippen LogP contribution in [-0.2, 0) is 10.0 Å². The lowest BCUT2D eigenvalue weighted by Gasteiger charge is -2.40. The van der Waals surface area contributed by atoms with Crippen LogP contribution in [0.2, 0.25) is 0 Å². The fourth-order valence-electron chi connectivity index (χ4n) is 2.72.